The minimum atomic E-state index is 0.419. The average Bonchev–Trinajstić information content (AvgIpc) is 2.41. The summed E-state index contributed by atoms with van der Waals surface area (Å²) < 4.78 is 0. The van der Waals surface area contributed by atoms with Gasteiger partial charge in [-0.25, -0.2) is 0 Å². The maximum absolute atomic E-state index is 4.05. The summed E-state index contributed by atoms with van der Waals surface area (Å²) in [6.45, 7) is 4.88. The summed E-state index contributed by atoms with van der Waals surface area (Å²) in [5.41, 5.74) is 0.419. The van der Waals surface area contributed by atoms with E-state index in [0.717, 1.165) is 12.0 Å². The normalized spacial score (nSPS) is 27.9. The van der Waals surface area contributed by atoms with Crippen LogP contribution in [0.25, 0.3) is 0 Å². The van der Waals surface area contributed by atoms with E-state index in [0.29, 0.717) is 5.54 Å². The van der Waals surface area contributed by atoms with Crippen LogP contribution in [0.5, 0.6) is 0 Å². The summed E-state index contributed by atoms with van der Waals surface area (Å²) in [7, 11) is 0. The van der Waals surface area contributed by atoms with Crippen LogP contribution >= 0.6 is 0 Å². The van der Waals surface area contributed by atoms with Crippen molar-refractivity contribution in [2.24, 2.45) is 5.92 Å². The molecule has 0 saturated heterocycles. The second-order valence-corrected chi connectivity index (χ2v) is 6.59. The highest BCUT2D eigenvalue weighted by molar-refractivity contribution is 4.93. The Kier molecular flexibility index (Phi) is 4.90. The van der Waals surface area contributed by atoms with Crippen LogP contribution in [0.1, 0.15) is 84.5 Å². The third kappa shape index (κ3) is 3.47. The van der Waals surface area contributed by atoms with Crippen LogP contribution < -0.4 is 5.32 Å². The molecular formula is C16H31N. The Balaban J connectivity index is 1.91. The van der Waals surface area contributed by atoms with E-state index < -0.39 is 0 Å². The van der Waals surface area contributed by atoms with Gasteiger partial charge >= 0.3 is 0 Å². The van der Waals surface area contributed by atoms with Gasteiger partial charge < -0.3 is 5.32 Å². The van der Waals surface area contributed by atoms with Gasteiger partial charge in [-0.05, 0) is 44.9 Å². The molecule has 0 aliphatic heterocycles. The van der Waals surface area contributed by atoms with Gasteiger partial charge in [0.2, 0.25) is 0 Å². The number of hydrogen-bond donors (Lipinski definition) is 1. The second kappa shape index (κ2) is 6.22. The fourth-order valence-electron chi connectivity index (χ4n) is 3.96. The van der Waals surface area contributed by atoms with Gasteiger partial charge in [-0.2, -0.15) is 0 Å². The maximum atomic E-state index is 4.05. The molecule has 1 atom stereocenters. The van der Waals surface area contributed by atoms with Crippen molar-refractivity contribution in [3.05, 3.63) is 0 Å². The van der Waals surface area contributed by atoms with Crippen molar-refractivity contribution in [3.8, 4) is 0 Å². The molecule has 1 N–H and O–H groups in total. The molecule has 0 amide bonds. The molecule has 1 unspecified atom stereocenters. The summed E-state index contributed by atoms with van der Waals surface area (Å²) in [5.74, 6) is 0.933. The highest BCUT2D eigenvalue weighted by Gasteiger charge is 2.34. The largest absolute Gasteiger partial charge is 0.309 e. The van der Waals surface area contributed by atoms with E-state index in [-0.39, 0.29) is 0 Å². The van der Waals surface area contributed by atoms with Crippen molar-refractivity contribution in [1.29, 1.82) is 0 Å². The van der Waals surface area contributed by atoms with Crippen LogP contribution in [0.4, 0.5) is 0 Å². The third-order valence-electron chi connectivity index (χ3n) is 5.38. The molecule has 2 saturated carbocycles. The number of nitrogens with one attached hydrogen (secondary N) is 1. The van der Waals surface area contributed by atoms with E-state index in [1.807, 2.05) is 0 Å². The first-order valence-corrected chi connectivity index (χ1v) is 8.02. The van der Waals surface area contributed by atoms with E-state index in [4.69, 9.17) is 0 Å². The second-order valence-electron chi connectivity index (χ2n) is 6.59. The van der Waals surface area contributed by atoms with Crippen LogP contribution in [0, 0.1) is 5.92 Å². The lowest BCUT2D eigenvalue weighted by atomic mass is 9.73. The van der Waals surface area contributed by atoms with Gasteiger partial charge in [0.15, 0.2) is 0 Å². The number of hydrogen-bond acceptors (Lipinski definition) is 1. The molecule has 0 aromatic heterocycles. The molecule has 1 nitrogen and oxygen atoms in total. The molecule has 2 fully saturated rings. The Morgan fingerprint density at radius 3 is 1.94 bits per heavy atom. The average molecular weight is 237 g/mol. The Labute approximate surface area is 108 Å². The molecule has 0 aromatic rings. The molecule has 17 heavy (non-hydrogen) atoms. The Bertz CT molecular complexity index is 214. The van der Waals surface area contributed by atoms with Crippen LogP contribution in [0.15, 0.2) is 0 Å². The zero-order chi connectivity index (χ0) is 12.1. The Morgan fingerprint density at radius 2 is 1.41 bits per heavy atom. The lowest BCUT2D eigenvalue weighted by Gasteiger charge is -2.43. The summed E-state index contributed by atoms with van der Waals surface area (Å²) in [5, 5.41) is 4.05. The minimum Gasteiger partial charge on any atom is -0.309 e. The summed E-state index contributed by atoms with van der Waals surface area (Å²) >= 11 is 0. The highest BCUT2D eigenvalue weighted by atomic mass is 15.0. The SMILES string of the molecule is CCC(C)(NC1CCCCC1)C1CCCCC1. The van der Waals surface area contributed by atoms with Gasteiger partial charge in [-0.1, -0.05) is 45.4 Å². The van der Waals surface area contributed by atoms with Crippen LogP contribution in [0.2, 0.25) is 0 Å². The third-order valence-corrected chi connectivity index (χ3v) is 5.38. The van der Waals surface area contributed by atoms with Crippen molar-refractivity contribution >= 4 is 0 Å². The molecular weight excluding hydrogens is 206 g/mol. The van der Waals surface area contributed by atoms with Crippen LogP contribution in [-0.2, 0) is 0 Å². The van der Waals surface area contributed by atoms with Gasteiger partial charge in [-0.15, -0.1) is 0 Å². The van der Waals surface area contributed by atoms with Gasteiger partial charge in [0.05, 0.1) is 0 Å². The zero-order valence-electron chi connectivity index (χ0n) is 11.9. The lowest BCUT2D eigenvalue weighted by molar-refractivity contribution is 0.143. The molecule has 2 aliphatic rings. The van der Waals surface area contributed by atoms with Gasteiger partial charge in [0.25, 0.3) is 0 Å². The Hall–Kier alpha value is -0.0400. The van der Waals surface area contributed by atoms with Gasteiger partial charge in [-0.3, -0.25) is 0 Å². The molecule has 2 aliphatic carbocycles. The van der Waals surface area contributed by atoms with Crippen molar-refractivity contribution in [2.75, 3.05) is 0 Å². The van der Waals surface area contributed by atoms with Crippen molar-refractivity contribution in [3.63, 3.8) is 0 Å². The first-order chi connectivity index (χ1) is 8.24. The first kappa shape index (κ1) is 13.4. The monoisotopic (exact) mass is 237 g/mol. The van der Waals surface area contributed by atoms with E-state index in [9.17, 15) is 0 Å². The van der Waals surface area contributed by atoms with E-state index in [2.05, 4.69) is 19.2 Å². The van der Waals surface area contributed by atoms with Gasteiger partial charge in [0, 0.05) is 11.6 Å². The topological polar surface area (TPSA) is 12.0 Å². The molecule has 0 aromatic carbocycles. The van der Waals surface area contributed by atoms with Crippen LogP contribution in [-0.4, -0.2) is 11.6 Å². The molecule has 100 valence electrons. The van der Waals surface area contributed by atoms with E-state index in [1.54, 1.807) is 0 Å². The molecule has 0 bridgehead atoms. The summed E-state index contributed by atoms with van der Waals surface area (Å²) in [6.07, 6.45) is 15.8. The molecule has 2 rings (SSSR count). The van der Waals surface area contributed by atoms with Crippen molar-refractivity contribution in [1.82, 2.24) is 5.32 Å². The quantitative estimate of drug-likeness (QED) is 0.750. The van der Waals surface area contributed by atoms with Gasteiger partial charge in [0.1, 0.15) is 0 Å². The Morgan fingerprint density at radius 1 is 0.882 bits per heavy atom. The molecule has 0 radical (unpaired) electrons. The van der Waals surface area contributed by atoms with Crippen LogP contribution in [0.3, 0.4) is 0 Å². The predicted molar refractivity (Wildman–Crippen MR) is 75.3 cm³/mol. The fourth-order valence-corrected chi connectivity index (χ4v) is 3.96. The summed E-state index contributed by atoms with van der Waals surface area (Å²) in [6, 6.07) is 0.815. The highest BCUT2D eigenvalue weighted by Crippen LogP contribution is 2.35. The molecule has 1 heteroatoms. The zero-order valence-corrected chi connectivity index (χ0v) is 11.9. The van der Waals surface area contributed by atoms with E-state index in [1.165, 1.54) is 70.6 Å². The minimum absolute atomic E-state index is 0.419. The standard InChI is InChI=1S/C16H31N/c1-3-16(2,14-10-6-4-7-11-14)17-15-12-8-5-9-13-15/h14-15,17H,3-13H2,1-2H3. The maximum Gasteiger partial charge on any atom is 0.0181 e. The smallest absolute Gasteiger partial charge is 0.0181 e. The molecule has 0 spiro atoms. The van der Waals surface area contributed by atoms with Crippen molar-refractivity contribution in [2.45, 2.75) is 96.1 Å². The fraction of sp³-hybridized carbons (Fsp3) is 1.00. The predicted octanol–water partition coefficient (Wildman–Crippen LogP) is 4.66. The lowest BCUT2D eigenvalue weighted by Crippen LogP contribution is -2.53. The first-order valence-electron chi connectivity index (χ1n) is 8.02. The summed E-state index contributed by atoms with van der Waals surface area (Å²) in [4.78, 5) is 0. The van der Waals surface area contributed by atoms with E-state index >= 15 is 0 Å². The number of rotatable bonds is 4. The van der Waals surface area contributed by atoms with Crippen molar-refractivity contribution < 1.29 is 0 Å². The molecule has 0 heterocycles.